The van der Waals surface area contributed by atoms with Crippen molar-refractivity contribution in [2.75, 3.05) is 0 Å². The molecule has 0 saturated heterocycles. The van der Waals surface area contributed by atoms with E-state index < -0.39 is 0 Å². The summed E-state index contributed by atoms with van der Waals surface area (Å²) in [5.41, 5.74) is 0.746. The van der Waals surface area contributed by atoms with Crippen LogP contribution in [0.2, 0.25) is 0 Å². The van der Waals surface area contributed by atoms with E-state index in [0.717, 1.165) is 10.2 Å². The van der Waals surface area contributed by atoms with Gasteiger partial charge in [-0.15, -0.1) is 0 Å². The maximum atomic E-state index is 11.8. The third-order valence-corrected chi connectivity index (χ3v) is 2.89. The molecule has 0 aromatic carbocycles. The standard InChI is InChI=1S/C12H18N6O2/c1-9(4-10-5-13-17(3)6-10)15-11(19)7-18-12(20)16(2)8-14-18/h5-6,8-9H,4,7H2,1-3H3,(H,15,19). The third kappa shape index (κ3) is 3.34. The summed E-state index contributed by atoms with van der Waals surface area (Å²) < 4.78 is 4.18. The van der Waals surface area contributed by atoms with Crippen LogP contribution in [0.15, 0.2) is 23.5 Å². The van der Waals surface area contributed by atoms with Crippen LogP contribution < -0.4 is 11.0 Å². The molecule has 0 aliphatic carbocycles. The van der Waals surface area contributed by atoms with Gasteiger partial charge in [0, 0.05) is 26.3 Å². The monoisotopic (exact) mass is 278 g/mol. The molecule has 20 heavy (non-hydrogen) atoms. The van der Waals surface area contributed by atoms with Crippen LogP contribution in [0, 0.1) is 0 Å². The van der Waals surface area contributed by atoms with E-state index in [1.165, 1.54) is 10.9 Å². The molecule has 0 fully saturated rings. The maximum Gasteiger partial charge on any atom is 0.345 e. The zero-order chi connectivity index (χ0) is 14.7. The van der Waals surface area contributed by atoms with Gasteiger partial charge in [0.05, 0.1) is 6.20 Å². The van der Waals surface area contributed by atoms with Gasteiger partial charge in [-0.3, -0.25) is 14.0 Å². The largest absolute Gasteiger partial charge is 0.352 e. The smallest absolute Gasteiger partial charge is 0.345 e. The van der Waals surface area contributed by atoms with Crippen molar-refractivity contribution in [2.24, 2.45) is 14.1 Å². The van der Waals surface area contributed by atoms with Crippen LogP contribution in [0.3, 0.4) is 0 Å². The SMILES string of the molecule is CC(Cc1cnn(C)c1)NC(=O)Cn1ncn(C)c1=O. The van der Waals surface area contributed by atoms with Gasteiger partial charge in [0.1, 0.15) is 12.9 Å². The normalized spacial score (nSPS) is 12.3. The lowest BCUT2D eigenvalue weighted by Gasteiger charge is -2.12. The summed E-state index contributed by atoms with van der Waals surface area (Å²) in [5.74, 6) is -0.234. The minimum Gasteiger partial charge on any atom is -0.352 e. The Morgan fingerprint density at radius 3 is 2.70 bits per heavy atom. The molecule has 8 heteroatoms. The van der Waals surface area contributed by atoms with E-state index in [4.69, 9.17) is 0 Å². The summed E-state index contributed by atoms with van der Waals surface area (Å²) in [5, 5.41) is 10.8. The summed E-state index contributed by atoms with van der Waals surface area (Å²) in [6, 6.07) is -0.0360. The Hall–Kier alpha value is -2.38. The van der Waals surface area contributed by atoms with Crippen molar-refractivity contribution in [1.82, 2.24) is 29.4 Å². The zero-order valence-electron chi connectivity index (χ0n) is 11.8. The summed E-state index contributed by atoms with van der Waals surface area (Å²) >= 11 is 0. The molecular weight excluding hydrogens is 260 g/mol. The van der Waals surface area contributed by atoms with Crippen molar-refractivity contribution in [3.05, 3.63) is 34.8 Å². The van der Waals surface area contributed by atoms with Crippen LogP contribution in [0.5, 0.6) is 0 Å². The number of nitrogens with one attached hydrogen (secondary N) is 1. The molecule has 1 amide bonds. The van der Waals surface area contributed by atoms with E-state index in [0.29, 0.717) is 6.42 Å². The highest BCUT2D eigenvalue weighted by Gasteiger charge is 2.12. The fraction of sp³-hybridized carbons (Fsp3) is 0.500. The van der Waals surface area contributed by atoms with Crippen LogP contribution in [-0.4, -0.2) is 36.1 Å². The van der Waals surface area contributed by atoms with E-state index in [1.807, 2.05) is 20.2 Å². The summed E-state index contributed by atoms with van der Waals surface area (Å²) in [4.78, 5) is 23.4. The van der Waals surface area contributed by atoms with Gasteiger partial charge in [0.2, 0.25) is 5.91 Å². The number of carbonyl (C=O) groups excluding carboxylic acids is 1. The Labute approximate surface area is 116 Å². The maximum absolute atomic E-state index is 11.8. The molecule has 1 unspecified atom stereocenters. The lowest BCUT2D eigenvalue weighted by molar-refractivity contribution is -0.122. The van der Waals surface area contributed by atoms with Gasteiger partial charge in [0.15, 0.2) is 0 Å². The molecule has 2 heterocycles. The molecule has 0 saturated carbocycles. The number of amides is 1. The van der Waals surface area contributed by atoms with Gasteiger partial charge >= 0.3 is 5.69 Å². The fourth-order valence-corrected chi connectivity index (χ4v) is 1.97. The Kier molecular flexibility index (Phi) is 4.02. The van der Waals surface area contributed by atoms with E-state index in [9.17, 15) is 9.59 Å². The second-order valence-electron chi connectivity index (χ2n) is 4.88. The van der Waals surface area contributed by atoms with E-state index >= 15 is 0 Å². The molecule has 1 atom stereocenters. The van der Waals surface area contributed by atoms with E-state index in [-0.39, 0.29) is 24.2 Å². The lowest BCUT2D eigenvalue weighted by atomic mass is 10.1. The van der Waals surface area contributed by atoms with Crippen molar-refractivity contribution >= 4 is 5.91 Å². The highest BCUT2D eigenvalue weighted by molar-refractivity contribution is 5.75. The Morgan fingerprint density at radius 2 is 2.15 bits per heavy atom. The average molecular weight is 278 g/mol. The van der Waals surface area contributed by atoms with Crippen molar-refractivity contribution in [2.45, 2.75) is 25.9 Å². The van der Waals surface area contributed by atoms with Crippen molar-refractivity contribution < 1.29 is 4.79 Å². The topological polar surface area (TPSA) is 86.7 Å². The fourth-order valence-electron chi connectivity index (χ4n) is 1.97. The molecule has 0 spiro atoms. The van der Waals surface area contributed by atoms with Gasteiger partial charge in [0.25, 0.3) is 0 Å². The number of aryl methyl sites for hydroxylation is 2. The number of hydrogen-bond donors (Lipinski definition) is 1. The zero-order valence-corrected chi connectivity index (χ0v) is 11.8. The first-order chi connectivity index (χ1) is 9.45. The van der Waals surface area contributed by atoms with Crippen LogP contribution in [0.4, 0.5) is 0 Å². The molecule has 1 N–H and O–H groups in total. The van der Waals surface area contributed by atoms with Gasteiger partial charge in [-0.1, -0.05) is 0 Å². The van der Waals surface area contributed by atoms with Gasteiger partial charge in [-0.05, 0) is 18.9 Å². The molecule has 0 aliphatic rings. The first kappa shape index (κ1) is 14.0. The predicted octanol–water partition coefficient (Wildman–Crippen LogP) is -0.937. The number of hydrogen-bond acceptors (Lipinski definition) is 4. The van der Waals surface area contributed by atoms with Crippen LogP contribution in [-0.2, 0) is 31.9 Å². The van der Waals surface area contributed by atoms with Crippen LogP contribution in [0.1, 0.15) is 12.5 Å². The first-order valence-electron chi connectivity index (χ1n) is 6.31. The van der Waals surface area contributed by atoms with Gasteiger partial charge in [-0.2, -0.15) is 10.2 Å². The Bertz CT molecular complexity index is 653. The van der Waals surface area contributed by atoms with Crippen LogP contribution >= 0.6 is 0 Å². The molecule has 0 bridgehead atoms. The van der Waals surface area contributed by atoms with Crippen molar-refractivity contribution in [3.63, 3.8) is 0 Å². The second-order valence-corrected chi connectivity index (χ2v) is 4.88. The quantitative estimate of drug-likeness (QED) is 0.765. The molecule has 0 aliphatic heterocycles. The molecule has 2 aromatic heterocycles. The number of rotatable bonds is 5. The Balaban J connectivity index is 1.88. The minimum atomic E-state index is -0.305. The molecule has 8 nitrogen and oxygen atoms in total. The van der Waals surface area contributed by atoms with Gasteiger partial charge in [-0.25, -0.2) is 9.48 Å². The number of carbonyl (C=O) groups is 1. The molecule has 0 radical (unpaired) electrons. The predicted molar refractivity (Wildman–Crippen MR) is 72.0 cm³/mol. The lowest BCUT2D eigenvalue weighted by Crippen LogP contribution is -2.38. The Morgan fingerprint density at radius 1 is 1.40 bits per heavy atom. The van der Waals surface area contributed by atoms with E-state index in [2.05, 4.69) is 15.5 Å². The van der Waals surface area contributed by atoms with E-state index in [1.54, 1.807) is 17.9 Å². The minimum absolute atomic E-state index is 0.0360. The van der Waals surface area contributed by atoms with Crippen LogP contribution in [0.25, 0.3) is 0 Å². The summed E-state index contributed by atoms with van der Waals surface area (Å²) in [6.07, 6.45) is 5.75. The third-order valence-electron chi connectivity index (χ3n) is 2.89. The second kappa shape index (κ2) is 5.72. The molecule has 2 rings (SSSR count). The van der Waals surface area contributed by atoms with Crippen molar-refractivity contribution in [1.29, 1.82) is 0 Å². The molecule has 108 valence electrons. The number of aromatic nitrogens is 5. The van der Waals surface area contributed by atoms with Crippen molar-refractivity contribution in [3.8, 4) is 0 Å². The van der Waals surface area contributed by atoms with Gasteiger partial charge < -0.3 is 5.32 Å². The molecule has 2 aromatic rings. The highest BCUT2D eigenvalue weighted by Crippen LogP contribution is 2.01. The highest BCUT2D eigenvalue weighted by atomic mass is 16.2. The summed E-state index contributed by atoms with van der Waals surface area (Å²) in [6.45, 7) is 1.84. The number of nitrogens with zero attached hydrogens (tertiary/aromatic N) is 5. The summed E-state index contributed by atoms with van der Waals surface area (Å²) in [7, 11) is 3.44. The first-order valence-corrected chi connectivity index (χ1v) is 6.31. The average Bonchev–Trinajstić information content (AvgIpc) is 2.90. The molecular formula is C12H18N6O2.